The van der Waals surface area contributed by atoms with Crippen molar-refractivity contribution in [2.75, 3.05) is 13.1 Å². The largest absolute Gasteiger partial charge is 0.358 e. The van der Waals surface area contributed by atoms with Crippen LogP contribution in [0.15, 0.2) is 42.9 Å². The van der Waals surface area contributed by atoms with Gasteiger partial charge in [0.1, 0.15) is 11.5 Å². The van der Waals surface area contributed by atoms with Crippen molar-refractivity contribution in [3.05, 3.63) is 54.0 Å². The second kappa shape index (κ2) is 9.43. The second-order valence-corrected chi connectivity index (χ2v) is 6.88. The number of alkyl halides is 2. The molecule has 0 saturated carbocycles. The van der Waals surface area contributed by atoms with E-state index in [1.54, 1.807) is 29.1 Å². The van der Waals surface area contributed by atoms with Gasteiger partial charge in [-0.15, -0.1) is 0 Å². The van der Waals surface area contributed by atoms with Crippen molar-refractivity contribution in [2.45, 2.75) is 32.1 Å². The third-order valence-electron chi connectivity index (χ3n) is 4.68. The van der Waals surface area contributed by atoms with Crippen LogP contribution in [-0.4, -0.2) is 45.9 Å². The molecule has 3 rings (SSSR count). The lowest BCUT2D eigenvalue weighted by molar-refractivity contribution is -0.109. The zero-order chi connectivity index (χ0) is 21.6. The highest BCUT2D eigenvalue weighted by atomic mass is 19.3. The van der Waals surface area contributed by atoms with Gasteiger partial charge in [0.15, 0.2) is 0 Å². The molecule has 3 aromatic heterocycles. The summed E-state index contributed by atoms with van der Waals surface area (Å²) < 4.78 is 29.6. The van der Waals surface area contributed by atoms with Crippen molar-refractivity contribution in [1.29, 1.82) is 0 Å². The Kier molecular flexibility index (Phi) is 6.71. The average Bonchev–Trinajstić information content (AvgIpc) is 3.16. The summed E-state index contributed by atoms with van der Waals surface area (Å²) in [4.78, 5) is 30.8. The minimum absolute atomic E-state index is 0.0530. The van der Waals surface area contributed by atoms with E-state index >= 15 is 0 Å². The quantitative estimate of drug-likeness (QED) is 0.394. The monoisotopic (exact) mass is 415 g/mol. The fraction of sp³-hybridized carbons (Fsp3) is 0.333. The molecule has 0 saturated heterocycles. The number of halogens is 2. The SMILES string of the molecule is CCNC(=O)c1ccc(-n2ccc3cc(CCC(F)(F)CCNC=O)cnc32)nc1. The molecule has 0 aromatic carbocycles. The first-order valence-electron chi connectivity index (χ1n) is 9.69. The number of hydrogen-bond donors (Lipinski definition) is 2. The van der Waals surface area contributed by atoms with Gasteiger partial charge in [-0.25, -0.2) is 18.7 Å². The molecule has 0 aliphatic heterocycles. The Balaban J connectivity index is 1.71. The van der Waals surface area contributed by atoms with Gasteiger partial charge in [0, 0.05) is 49.9 Å². The Morgan fingerprint density at radius 1 is 1.20 bits per heavy atom. The van der Waals surface area contributed by atoms with Crippen LogP contribution in [0.3, 0.4) is 0 Å². The van der Waals surface area contributed by atoms with Crippen LogP contribution in [0, 0.1) is 0 Å². The normalized spacial score (nSPS) is 11.4. The maximum atomic E-state index is 13.9. The van der Waals surface area contributed by atoms with E-state index in [1.165, 1.54) is 6.20 Å². The Morgan fingerprint density at radius 2 is 2.03 bits per heavy atom. The first-order valence-corrected chi connectivity index (χ1v) is 9.69. The zero-order valence-corrected chi connectivity index (χ0v) is 16.6. The first kappa shape index (κ1) is 21.4. The summed E-state index contributed by atoms with van der Waals surface area (Å²) in [6.45, 7) is 2.33. The van der Waals surface area contributed by atoms with Gasteiger partial charge < -0.3 is 10.6 Å². The first-order chi connectivity index (χ1) is 14.4. The number of nitrogens with one attached hydrogen (secondary N) is 2. The number of amides is 2. The molecule has 0 atom stereocenters. The molecule has 30 heavy (non-hydrogen) atoms. The van der Waals surface area contributed by atoms with Crippen LogP contribution in [0.1, 0.15) is 35.7 Å². The summed E-state index contributed by atoms with van der Waals surface area (Å²) >= 11 is 0. The highest BCUT2D eigenvalue weighted by molar-refractivity contribution is 5.93. The Labute approximate surface area is 172 Å². The fourth-order valence-electron chi connectivity index (χ4n) is 3.08. The highest BCUT2D eigenvalue weighted by Gasteiger charge is 2.27. The summed E-state index contributed by atoms with van der Waals surface area (Å²) in [6.07, 6.45) is 4.78. The smallest absolute Gasteiger partial charge is 0.252 e. The molecule has 158 valence electrons. The van der Waals surface area contributed by atoms with E-state index in [0.29, 0.717) is 35.5 Å². The minimum atomic E-state index is -2.85. The molecule has 2 amide bonds. The van der Waals surface area contributed by atoms with Gasteiger partial charge in [-0.1, -0.05) is 0 Å². The Bertz CT molecular complexity index is 1020. The molecule has 0 unspecified atom stereocenters. The lowest BCUT2D eigenvalue weighted by Gasteiger charge is -2.15. The molecule has 0 aliphatic rings. The van der Waals surface area contributed by atoms with E-state index < -0.39 is 12.3 Å². The van der Waals surface area contributed by atoms with Crippen molar-refractivity contribution < 1.29 is 18.4 Å². The molecule has 0 bridgehead atoms. The molecule has 3 aromatic rings. The molecule has 0 fully saturated rings. The van der Waals surface area contributed by atoms with Crippen molar-refractivity contribution >= 4 is 23.4 Å². The summed E-state index contributed by atoms with van der Waals surface area (Å²) in [6, 6.07) is 7.10. The van der Waals surface area contributed by atoms with Crippen LogP contribution in [0.25, 0.3) is 16.9 Å². The predicted molar refractivity (Wildman–Crippen MR) is 109 cm³/mol. The van der Waals surface area contributed by atoms with Crippen LogP contribution in [0.4, 0.5) is 8.78 Å². The topological polar surface area (TPSA) is 88.9 Å². The summed E-state index contributed by atoms with van der Waals surface area (Å²) in [5, 5.41) is 5.79. The predicted octanol–water partition coefficient (Wildman–Crippen LogP) is 2.87. The van der Waals surface area contributed by atoms with Gasteiger partial charge in [-0.05, 0) is 43.2 Å². The van der Waals surface area contributed by atoms with E-state index in [1.807, 2.05) is 19.1 Å². The lowest BCUT2D eigenvalue weighted by atomic mass is 10.0. The Morgan fingerprint density at radius 3 is 2.73 bits per heavy atom. The highest BCUT2D eigenvalue weighted by Crippen LogP contribution is 2.26. The van der Waals surface area contributed by atoms with Crippen LogP contribution in [0.2, 0.25) is 0 Å². The molecule has 3 heterocycles. The maximum Gasteiger partial charge on any atom is 0.252 e. The van der Waals surface area contributed by atoms with Crippen LogP contribution < -0.4 is 10.6 Å². The molecule has 9 heteroatoms. The van der Waals surface area contributed by atoms with E-state index in [9.17, 15) is 18.4 Å². The summed E-state index contributed by atoms with van der Waals surface area (Å²) in [5.74, 6) is -2.44. The molecule has 0 aliphatic carbocycles. The van der Waals surface area contributed by atoms with Crippen molar-refractivity contribution in [1.82, 2.24) is 25.2 Å². The van der Waals surface area contributed by atoms with E-state index in [4.69, 9.17) is 0 Å². The number of aromatic nitrogens is 3. The van der Waals surface area contributed by atoms with Crippen LogP contribution >= 0.6 is 0 Å². The fourth-order valence-corrected chi connectivity index (χ4v) is 3.08. The van der Waals surface area contributed by atoms with Crippen molar-refractivity contribution in [3.63, 3.8) is 0 Å². The number of nitrogens with zero attached hydrogens (tertiary/aromatic N) is 3. The van der Waals surface area contributed by atoms with Gasteiger partial charge >= 0.3 is 0 Å². The van der Waals surface area contributed by atoms with E-state index in [2.05, 4.69) is 20.6 Å². The van der Waals surface area contributed by atoms with Crippen LogP contribution in [-0.2, 0) is 11.2 Å². The number of hydrogen-bond acceptors (Lipinski definition) is 4. The number of carbonyl (C=O) groups is 2. The average molecular weight is 415 g/mol. The number of pyridine rings is 2. The third kappa shape index (κ3) is 5.16. The maximum absolute atomic E-state index is 13.9. The number of aryl methyl sites for hydroxylation is 1. The van der Waals surface area contributed by atoms with Gasteiger partial charge in [0.25, 0.3) is 5.91 Å². The second-order valence-electron chi connectivity index (χ2n) is 6.88. The number of fused-ring (bicyclic) bond motifs is 1. The standard InChI is InChI=1S/C21H23F2N5O2/c1-2-25-20(30)17-3-4-18(26-13-17)28-10-6-16-11-15(12-27-19(16)28)5-7-21(22,23)8-9-24-14-29/h3-4,6,10-14H,2,5,7-9H2,1H3,(H,24,29)(H,25,30). The molecular formula is C21H23F2N5O2. The van der Waals surface area contributed by atoms with Crippen molar-refractivity contribution in [2.24, 2.45) is 0 Å². The summed E-state index contributed by atoms with van der Waals surface area (Å²) in [5.41, 5.74) is 1.83. The third-order valence-corrected chi connectivity index (χ3v) is 4.68. The zero-order valence-electron chi connectivity index (χ0n) is 16.6. The minimum Gasteiger partial charge on any atom is -0.358 e. The molecular weight excluding hydrogens is 392 g/mol. The molecule has 0 spiro atoms. The van der Waals surface area contributed by atoms with Crippen molar-refractivity contribution in [3.8, 4) is 5.82 Å². The van der Waals surface area contributed by atoms with Gasteiger partial charge in [0.05, 0.1) is 5.56 Å². The van der Waals surface area contributed by atoms with E-state index in [-0.39, 0.29) is 25.3 Å². The van der Waals surface area contributed by atoms with Gasteiger partial charge in [-0.3, -0.25) is 14.2 Å². The molecule has 0 radical (unpaired) electrons. The van der Waals surface area contributed by atoms with Gasteiger partial charge in [-0.2, -0.15) is 0 Å². The number of rotatable bonds is 10. The lowest BCUT2D eigenvalue weighted by Crippen LogP contribution is -2.24. The van der Waals surface area contributed by atoms with Crippen LogP contribution in [0.5, 0.6) is 0 Å². The molecule has 7 nitrogen and oxygen atoms in total. The number of carbonyl (C=O) groups excluding carboxylic acids is 2. The van der Waals surface area contributed by atoms with E-state index in [0.717, 1.165) is 5.39 Å². The Hall–Kier alpha value is -3.36. The molecule has 2 N–H and O–H groups in total. The summed E-state index contributed by atoms with van der Waals surface area (Å²) in [7, 11) is 0. The van der Waals surface area contributed by atoms with Gasteiger partial charge in [0.2, 0.25) is 12.3 Å².